The van der Waals surface area contributed by atoms with Crippen LogP contribution in [-0.2, 0) is 9.53 Å². The molecule has 0 radical (unpaired) electrons. The largest absolute Gasteiger partial charge is 0.381 e. The van der Waals surface area contributed by atoms with E-state index in [1.54, 1.807) is 0 Å². The molecule has 120 valence electrons. The van der Waals surface area contributed by atoms with Crippen LogP contribution in [0.3, 0.4) is 0 Å². The molecule has 0 heterocycles. The van der Waals surface area contributed by atoms with Crippen molar-refractivity contribution in [1.82, 2.24) is 4.90 Å². The molecular weight excluding hydrogens is 250 g/mol. The van der Waals surface area contributed by atoms with E-state index in [4.69, 9.17) is 4.74 Å². The first kappa shape index (κ1) is 19.4. The van der Waals surface area contributed by atoms with Gasteiger partial charge in [-0.15, -0.1) is 0 Å². The maximum atomic E-state index is 12.0. The summed E-state index contributed by atoms with van der Waals surface area (Å²) in [6.45, 7) is 12.9. The molecule has 20 heavy (non-hydrogen) atoms. The number of rotatable bonds is 10. The average Bonchev–Trinajstić information content (AvgIpc) is 2.34. The highest BCUT2D eigenvalue weighted by molar-refractivity contribution is 5.81. The molecule has 3 nitrogen and oxygen atoms in total. The Morgan fingerprint density at radius 1 is 1.05 bits per heavy atom. The number of carbonyl (C=O) groups excluding carboxylic acids is 1. The van der Waals surface area contributed by atoms with Gasteiger partial charge in [-0.25, -0.2) is 0 Å². The Labute approximate surface area is 126 Å². The quantitative estimate of drug-likeness (QED) is 0.565. The van der Waals surface area contributed by atoms with Gasteiger partial charge < -0.3 is 9.64 Å². The summed E-state index contributed by atoms with van der Waals surface area (Å²) in [5.41, 5.74) is -0.276. The first-order chi connectivity index (χ1) is 9.25. The van der Waals surface area contributed by atoms with Gasteiger partial charge in [0.05, 0.1) is 0 Å². The lowest BCUT2D eigenvalue weighted by Crippen LogP contribution is -2.37. The van der Waals surface area contributed by atoms with Crippen LogP contribution in [0.2, 0.25) is 0 Å². The van der Waals surface area contributed by atoms with Gasteiger partial charge >= 0.3 is 0 Å². The molecule has 0 saturated heterocycles. The monoisotopic (exact) mass is 285 g/mol. The Morgan fingerprint density at radius 3 is 2.10 bits per heavy atom. The molecule has 0 unspecified atom stereocenters. The number of amides is 1. The van der Waals surface area contributed by atoms with E-state index in [9.17, 15) is 4.79 Å². The van der Waals surface area contributed by atoms with Crippen molar-refractivity contribution in [2.75, 3.05) is 26.8 Å². The maximum absolute atomic E-state index is 12.0. The number of carbonyl (C=O) groups is 1. The normalized spacial score (nSPS) is 11.9. The Bertz CT molecular complexity index is 256. The molecule has 0 aliphatic heterocycles. The molecule has 3 heteroatoms. The van der Waals surface area contributed by atoms with Crippen molar-refractivity contribution in [1.29, 1.82) is 0 Å². The highest BCUT2D eigenvalue weighted by Crippen LogP contribution is 2.16. The first-order valence-electron chi connectivity index (χ1n) is 8.08. The van der Waals surface area contributed by atoms with Gasteiger partial charge in [0.25, 0.3) is 0 Å². The zero-order chi connectivity index (χ0) is 15.6. The second-order valence-corrected chi connectivity index (χ2v) is 7.19. The molecule has 0 aromatic heterocycles. The standard InChI is InChI=1S/C17H35NO2/c1-15(2)11-7-9-13-20-14-10-8-12-18(6)16(19)17(3,4)5/h15H,7-14H2,1-6H3. The predicted octanol–water partition coefficient (Wildman–Crippen LogP) is 4.11. The van der Waals surface area contributed by atoms with Gasteiger partial charge in [0, 0.05) is 32.2 Å². The molecule has 0 spiro atoms. The highest BCUT2D eigenvalue weighted by atomic mass is 16.5. The third kappa shape index (κ3) is 10.2. The van der Waals surface area contributed by atoms with Gasteiger partial charge in [0.2, 0.25) is 5.91 Å². The molecule has 0 atom stereocenters. The summed E-state index contributed by atoms with van der Waals surface area (Å²) in [7, 11) is 1.89. The molecule has 0 aliphatic carbocycles. The molecular formula is C17H35NO2. The molecule has 0 saturated carbocycles. The van der Waals surface area contributed by atoms with Crippen molar-refractivity contribution in [2.24, 2.45) is 11.3 Å². The molecule has 0 aliphatic rings. The van der Waals surface area contributed by atoms with Crippen LogP contribution in [0.25, 0.3) is 0 Å². The minimum Gasteiger partial charge on any atom is -0.381 e. The number of unbranched alkanes of at least 4 members (excludes halogenated alkanes) is 2. The van der Waals surface area contributed by atoms with Crippen LogP contribution in [0.1, 0.15) is 66.7 Å². The second kappa shape index (κ2) is 10.2. The maximum Gasteiger partial charge on any atom is 0.227 e. The number of ether oxygens (including phenoxy) is 1. The van der Waals surface area contributed by atoms with E-state index in [2.05, 4.69) is 13.8 Å². The van der Waals surface area contributed by atoms with Crippen molar-refractivity contribution < 1.29 is 9.53 Å². The molecule has 0 N–H and O–H groups in total. The van der Waals surface area contributed by atoms with Gasteiger partial charge in [0.15, 0.2) is 0 Å². The molecule has 0 aromatic rings. The Hall–Kier alpha value is -0.570. The fraction of sp³-hybridized carbons (Fsp3) is 0.941. The smallest absolute Gasteiger partial charge is 0.227 e. The van der Waals surface area contributed by atoms with E-state index in [-0.39, 0.29) is 11.3 Å². The highest BCUT2D eigenvalue weighted by Gasteiger charge is 2.24. The molecule has 0 rings (SSSR count). The van der Waals surface area contributed by atoms with Crippen molar-refractivity contribution in [2.45, 2.75) is 66.7 Å². The number of nitrogens with zero attached hydrogens (tertiary/aromatic N) is 1. The second-order valence-electron chi connectivity index (χ2n) is 7.19. The summed E-state index contributed by atoms with van der Waals surface area (Å²) < 4.78 is 5.62. The van der Waals surface area contributed by atoms with Gasteiger partial charge in [-0.2, -0.15) is 0 Å². The van der Waals surface area contributed by atoms with Crippen molar-refractivity contribution in [3.05, 3.63) is 0 Å². The lowest BCUT2D eigenvalue weighted by molar-refractivity contribution is -0.138. The van der Waals surface area contributed by atoms with Crippen LogP contribution in [0, 0.1) is 11.3 Å². The molecule has 0 aromatic carbocycles. The lowest BCUT2D eigenvalue weighted by Gasteiger charge is -2.25. The zero-order valence-corrected chi connectivity index (χ0v) is 14.5. The minimum absolute atomic E-state index is 0.215. The van der Waals surface area contributed by atoms with Crippen molar-refractivity contribution in [3.8, 4) is 0 Å². The van der Waals surface area contributed by atoms with Crippen LogP contribution in [0.5, 0.6) is 0 Å². The third-order valence-corrected chi connectivity index (χ3v) is 3.34. The SMILES string of the molecule is CC(C)CCCCOCCCCN(C)C(=O)C(C)(C)C. The Balaban J connectivity index is 3.42. The topological polar surface area (TPSA) is 29.5 Å². The van der Waals surface area contributed by atoms with Crippen molar-refractivity contribution in [3.63, 3.8) is 0 Å². The number of hydrogen-bond donors (Lipinski definition) is 0. The molecule has 0 bridgehead atoms. The molecule has 1 amide bonds. The van der Waals surface area contributed by atoms with E-state index < -0.39 is 0 Å². The van der Waals surface area contributed by atoms with E-state index in [1.807, 2.05) is 32.7 Å². The third-order valence-electron chi connectivity index (χ3n) is 3.34. The van der Waals surface area contributed by atoms with Gasteiger partial charge in [-0.1, -0.05) is 47.5 Å². The summed E-state index contributed by atoms with van der Waals surface area (Å²) in [5, 5.41) is 0. The van der Waals surface area contributed by atoms with Gasteiger partial charge in [-0.3, -0.25) is 4.79 Å². The summed E-state index contributed by atoms with van der Waals surface area (Å²) >= 11 is 0. The fourth-order valence-corrected chi connectivity index (χ4v) is 2.09. The van der Waals surface area contributed by atoms with E-state index >= 15 is 0 Å². The summed E-state index contributed by atoms with van der Waals surface area (Å²) in [6, 6.07) is 0. The summed E-state index contributed by atoms with van der Waals surface area (Å²) in [5.74, 6) is 1.01. The number of hydrogen-bond acceptors (Lipinski definition) is 2. The summed E-state index contributed by atoms with van der Waals surface area (Å²) in [4.78, 5) is 13.8. The van der Waals surface area contributed by atoms with Crippen LogP contribution in [0.4, 0.5) is 0 Å². The zero-order valence-electron chi connectivity index (χ0n) is 14.5. The van der Waals surface area contributed by atoms with E-state index in [1.165, 1.54) is 19.3 Å². The van der Waals surface area contributed by atoms with Gasteiger partial charge in [-0.05, 0) is 25.2 Å². The average molecular weight is 285 g/mol. The first-order valence-corrected chi connectivity index (χ1v) is 8.08. The molecule has 0 fully saturated rings. The lowest BCUT2D eigenvalue weighted by atomic mass is 9.95. The van der Waals surface area contributed by atoms with E-state index in [0.29, 0.717) is 0 Å². The Morgan fingerprint density at radius 2 is 1.60 bits per heavy atom. The van der Waals surface area contributed by atoms with Crippen LogP contribution >= 0.6 is 0 Å². The van der Waals surface area contributed by atoms with Gasteiger partial charge in [0.1, 0.15) is 0 Å². The van der Waals surface area contributed by atoms with Crippen LogP contribution in [-0.4, -0.2) is 37.6 Å². The summed E-state index contributed by atoms with van der Waals surface area (Å²) in [6.07, 6.45) is 5.78. The van der Waals surface area contributed by atoms with Crippen LogP contribution < -0.4 is 0 Å². The Kier molecular flexibility index (Phi) is 9.91. The fourth-order valence-electron chi connectivity index (χ4n) is 2.09. The van der Waals surface area contributed by atoms with Crippen LogP contribution in [0.15, 0.2) is 0 Å². The van der Waals surface area contributed by atoms with Crippen molar-refractivity contribution >= 4 is 5.91 Å². The minimum atomic E-state index is -0.276. The van der Waals surface area contributed by atoms with E-state index in [0.717, 1.165) is 38.5 Å². The predicted molar refractivity (Wildman–Crippen MR) is 85.8 cm³/mol.